The SMILES string of the molecule is CC(C)(C)c1ccc(-c2ccc3sc4c(-c5cccc6sc7cc(-c8cccc(C(C)(C)C)c8)ccc7c56)cccc4c3c2)cc1. The van der Waals surface area contributed by atoms with Crippen molar-refractivity contribution >= 4 is 63.0 Å². The van der Waals surface area contributed by atoms with Crippen LogP contribution in [0.1, 0.15) is 52.7 Å². The van der Waals surface area contributed by atoms with E-state index in [9.17, 15) is 0 Å². The average Bonchev–Trinajstić information content (AvgIpc) is 3.61. The van der Waals surface area contributed by atoms with Gasteiger partial charge in [0.15, 0.2) is 0 Å². The number of hydrogen-bond donors (Lipinski definition) is 0. The Morgan fingerprint density at radius 3 is 1.83 bits per heavy atom. The van der Waals surface area contributed by atoms with E-state index >= 15 is 0 Å². The molecule has 2 heterocycles. The molecule has 0 nitrogen and oxygen atoms in total. The van der Waals surface area contributed by atoms with Crippen LogP contribution in [0.25, 0.3) is 73.7 Å². The van der Waals surface area contributed by atoms with Gasteiger partial charge in [-0.05, 0) is 74.0 Å². The molecule has 0 aliphatic heterocycles. The second kappa shape index (κ2) is 10.7. The molecule has 0 fully saturated rings. The summed E-state index contributed by atoms with van der Waals surface area (Å²) < 4.78 is 5.38. The Morgan fingerprint density at radius 1 is 0.391 bits per heavy atom. The van der Waals surface area contributed by atoms with Crippen molar-refractivity contribution in [1.82, 2.24) is 0 Å². The molecule has 0 radical (unpaired) electrons. The number of benzene rings is 6. The molecule has 0 spiro atoms. The van der Waals surface area contributed by atoms with E-state index in [4.69, 9.17) is 0 Å². The third-order valence-electron chi connectivity index (χ3n) is 9.43. The minimum atomic E-state index is 0.125. The van der Waals surface area contributed by atoms with Crippen molar-refractivity contribution in [3.05, 3.63) is 132 Å². The molecule has 0 bridgehead atoms. The van der Waals surface area contributed by atoms with Crippen LogP contribution in [0.15, 0.2) is 121 Å². The molecule has 8 aromatic rings. The Balaban J connectivity index is 1.24. The van der Waals surface area contributed by atoms with E-state index in [2.05, 4.69) is 163 Å². The van der Waals surface area contributed by atoms with Gasteiger partial charge in [0.25, 0.3) is 0 Å². The topological polar surface area (TPSA) is 0 Å². The second-order valence-electron chi connectivity index (χ2n) is 14.6. The molecule has 2 aromatic heterocycles. The molecule has 0 amide bonds. The van der Waals surface area contributed by atoms with Crippen molar-refractivity contribution in [3.63, 3.8) is 0 Å². The zero-order chi connectivity index (χ0) is 31.8. The summed E-state index contributed by atoms with van der Waals surface area (Å²) >= 11 is 3.82. The highest BCUT2D eigenvalue weighted by Crippen LogP contribution is 2.46. The van der Waals surface area contributed by atoms with E-state index in [1.165, 1.54) is 84.9 Å². The first-order valence-electron chi connectivity index (χ1n) is 16.2. The first-order chi connectivity index (χ1) is 22.0. The van der Waals surface area contributed by atoms with Gasteiger partial charge in [-0.1, -0.05) is 139 Å². The molecule has 0 aliphatic rings. The zero-order valence-corrected chi connectivity index (χ0v) is 29.0. The summed E-state index contributed by atoms with van der Waals surface area (Å²) in [4.78, 5) is 0. The summed E-state index contributed by atoms with van der Waals surface area (Å²) in [5.74, 6) is 0. The molecule has 0 atom stereocenters. The second-order valence-corrected chi connectivity index (χ2v) is 16.8. The summed E-state index contributed by atoms with van der Waals surface area (Å²) in [5, 5.41) is 5.37. The minimum Gasteiger partial charge on any atom is -0.135 e. The van der Waals surface area contributed by atoms with Gasteiger partial charge in [0.05, 0.1) is 0 Å². The number of thiophene rings is 2. The van der Waals surface area contributed by atoms with Crippen LogP contribution in [0.4, 0.5) is 0 Å². The monoisotopic (exact) mass is 630 g/mol. The van der Waals surface area contributed by atoms with Crippen molar-refractivity contribution < 1.29 is 0 Å². The Morgan fingerprint density at radius 2 is 1.04 bits per heavy atom. The van der Waals surface area contributed by atoms with E-state index in [0.717, 1.165) is 0 Å². The van der Waals surface area contributed by atoms with Crippen molar-refractivity contribution in [3.8, 4) is 33.4 Å². The number of fused-ring (bicyclic) bond motifs is 6. The van der Waals surface area contributed by atoms with E-state index in [1.807, 2.05) is 22.7 Å². The van der Waals surface area contributed by atoms with Gasteiger partial charge in [0.2, 0.25) is 0 Å². The largest absolute Gasteiger partial charge is 0.135 e. The van der Waals surface area contributed by atoms with Crippen molar-refractivity contribution in [1.29, 1.82) is 0 Å². The third-order valence-corrected chi connectivity index (χ3v) is 11.8. The summed E-state index contributed by atoms with van der Waals surface area (Å²) in [7, 11) is 0. The first kappa shape index (κ1) is 29.2. The average molecular weight is 631 g/mol. The van der Waals surface area contributed by atoms with Crippen LogP contribution in [0.3, 0.4) is 0 Å². The van der Waals surface area contributed by atoms with Gasteiger partial charge in [-0.25, -0.2) is 0 Å². The third kappa shape index (κ3) is 4.96. The highest BCUT2D eigenvalue weighted by atomic mass is 32.1. The highest BCUT2D eigenvalue weighted by molar-refractivity contribution is 7.26. The zero-order valence-electron chi connectivity index (χ0n) is 27.4. The van der Waals surface area contributed by atoms with Crippen LogP contribution >= 0.6 is 22.7 Å². The van der Waals surface area contributed by atoms with Crippen LogP contribution in [-0.2, 0) is 10.8 Å². The van der Waals surface area contributed by atoms with Crippen LogP contribution in [0, 0.1) is 0 Å². The molecule has 226 valence electrons. The first-order valence-corrected chi connectivity index (χ1v) is 17.8. The normalized spacial score (nSPS) is 12.6. The van der Waals surface area contributed by atoms with Gasteiger partial charge in [0.1, 0.15) is 0 Å². The lowest BCUT2D eigenvalue weighted by atomic mass is 9.85. The molecule has 8 rings (SSSR count). The van der Waals surface area contributed by atoms with Crippen molar-refractivity contribution in [2.75, 3.05) is 0 Å². The molecule has 0 N–H and O–H groups in total. The van der Waals surface area contributed by atoms with Gasteiger partial charge in [-0.3, -0.25) is 0 Å². The van der Waals surface area contributed by atoms with Crippen molar-refractivity contribution in [2.45, 2.75) is 52.4 Å². The molecule has 2 heteroatoms. The Kier molecular flexibility index (Phi) is 6.76. The maximum absolute atomic E-state index is 2.39. The molecular formula is C44H38S2. The maximum atomic E-state index is 2.39. The Hall–Kier alpha value is -4.24. The fourth-order valence-corrected chi connectivity index (χ4v) is 9.13. The standard InChI is InChI=1S/C44H38S2/c1-43(2,3)31-20-16-27(17-21-31)29-19-23-38-37(25-29)35-14-8-13-34(42(35)46-38)33-12-9-15-39-41(33)36-22-18-30(26-40(36)45-39)28-10-7-11-32(24-28)44(4,5)6/h7-26H,1-6H3. The van der Waals surface area contributed by atoms with E-state index in [-0.39, 0.29) is 10.8 Å². The summed E-state index contributed by atoms with van der Waals surface area (Å²) in [6.07, 6.45) is 0. The molecule has 0 saturated carbocycles. The maximum Gasteiger partial charge on any atom is 0.0434 e. The summed E-state index contributed by atoms with van der Waals surface area (Å²) in [6.45, 7) is 13.7. The van der Waals surface area contributed by atoms with E-state index in [1.54, 1.807) is 0 Å². The quantitative estimate of drug-likeness (QED) is 0.182. The van der Waals surface area contributed by atoms with Gasteiger partial charge in [-0.15, -0.1) is 22.7 Å². The minimum absolute atomic E-state index is 0.125. The van der Waals surface area contributed by atoms with E-state index in [0.29, 0.717) is 0 Å². The van der Waals surface area contributed by atoms with Crippen molar-refractivity contribution in [2.24, 2.45) is 0 Å². The molecular weight excluding hydrogens is 593 g/mol. The Labute approximate surface area is 280 Å². The van der Waals surface area contributed by atoms with Crippen LogP contribution in [-0.4, -0.2) is 0 Å². The van der Waals surface area contributed by atoms with Gasteiger partial charge < -0.3 is 0 Å². The predicted molar refractivity (Wildman–Crippen MR) is 206 cm³/mol. The molecule has 0 aliphatic carbocycles. The predicted octanol–water partition coefficient (Wildman–Crippen LogP) is 14.0. The molecule has 0 unspecified atom stereocenters. The van der Waals surface area contributed by atoms with Gasteiger partial charge in [-0.2, -0.15) is 0 Å². The lowest BCUT2D eigenvalue weighted by molar-refractivity contribution is 0.590. The smallest absolute Gasteiger partial charge is 0.0434 e. The number of hydrogen-bond acceptors (Lipinski definition) is 2. The lowest BCUT2D eigenvalue weighted by Gasteiger charge is -2.19. The fraction of sp³-hybridized carbons (Fsp3) is 0.182. The summed E-state index contributed by atoms with van der Waals surface area (Å²) in [5.41, 5.74) is 10.8. The Bertz CT molecular complexity index is 2420. The van der Waals surface area contributed by atoms with Gasteiger partial charge >= 0.3 is 0 Å². The van der Waals surface area contributed by atoms with Crippen LogP contribution in [0.2, 0.25) is 0 Å². The van der Waals surface area contributed by atoms with Crippen LogP contribution < -0.4 is 0 Å². The highest BCUT2D eigenvalue weighted by Gasteiger charge is 2.18. The number of rotatable bonds is 3. The van der Waals surface area contributed by atoms with Gasteiger partial charge in [0, 0.05) is 45.9 Å². The van der Waals surface area contributed by atoms with E-state index < -0.39 is 0 Å². The molecule has 0 saturated heterocycles. The molecule has 46 heavy (non-hydrogen) atoms. The van der Waals surface area contributed by atoms with Crippen LogP contribution in [0.5, 0.6) is 0 Å². The fourth-order valence-electron chi connectivity index (χ4n) is 6.75. The summed E-state index contributed by atoms with van der Waals surface area (Å²) in [6, 6.07) is 45.9. The lowest BCUT2D eigenvalue weighted by Crippen LogP contribution is -2.10. The molecule has 6 aromatic carbocycles.